The van der Waals surface area contributed by atoms with Gasteiger partial charge in [0.15, 0.2) is 0 Å². The molecule has 0 saturated carbocycles. The summed E-state index contributed by atoms with van der Waals surface area (Å²) in [5, 5.41) is 2.80. The summed E-state index contributed by atoms with van der Waals surface area (Å²) in [4.78, 5) is 15.9. The molecule has 0 bridgehead atoms. The largest absolute Gasteiger partial charge is 0.487 e. The Hall–Kier alpha value is -2.62. The van der Waals surface area contributed by atoms with Gasteiger partial charge in [-0.3, -0.25) is 9.78 Å². The van der Waals surface area contributed by atoms with Gasteiger partial charge in [0.05, 0.1) is 11.3 Å². The molecule has 2 aromatic rings. The van der Waals surface area contributed by atoms with Gasteiger partial charge in [-0.05, 0) is 24.3 Å². The first-order chi connectivity index (χ1) is 9.31. The molecule has 0 saturated heterocycles. The number of amides is 1. The van der Waals surface area contributed by atoms with Crippen LogP contribution in [0.3, 0.4) is 0 Å². The van der Waals surface area contributed by atoms with E-state index in [1.54, 1.807) is 36.5 Å². The molecule has 0 fully saturated rings. The van der Waals surface area contributed by atoms with Gasteiger partial charge in [0.1, 0.15) is 12.4 Å². The molecule has 1 aromatic heterocycles. The van der Waals surface area contributed by atoms with E-state index in [4.69, 9.17) is 4.74 Å². The first-order valence-electron chi connectivity index (χ1n) is 5.85. The van der Waals surface area contributed by atoms with Crippen molar-refractivity contribution in [2.24, 2.45) is 0 Å². The molecule has 96 valence electrons. The second kappa shape index (κ2) is 6.35. The minimum Gasteiger partial charge on any atom is -0.487 e. The molecule has 2 rings (SSSR count). The van der Waals surface area contributed by atoms with Crippen LogP contribution in [0.1, 0.15) is 10.4 Å². The molecule has 1 heterocycles. The highest BCUT2D eigenvalue weighted by Gasteiger charge is 2.09. The van der Waals surface area contributed by atoms with Crippen molar-refractivity contribution in [1.82, 2.24) is 4.98 Å². The van der Waals surface area contributed by atoms with Gasteiger partial charge in [-0.2, -0.15) is 0 Å². The summed E-state index contributed by atoms with van der Waals surface area (Å²) in [5.74, 6) is 0.391. The molecule has 0 spiro atoms. The van der Waals surface area contributed by atoms with Crippen LogP contribution in [0.5, 0.6) is 5.75 Å². The molecule has 19 heavy (non-hydrogen) atoms. The fourth-order valence-corrected chi connectivity index (χ4v) is 1.54. The van der Waals surface area contributed by atoms with Crippen LogP contribution in [-0.4, -0.2) is 17.5 Å². The lowest BCUT2D eigenvalue weighted by Gasteiger charge is -2.11. The van der Waals surface area contributed by atoms with Crippen molar-refractivity contribution in [1.29, 1.82) is 0 Å². The molecule has 0 atom stereocenters. The summed E-state index contributed by atoms with van der Waals surface area (Å²) in [6.07, 6.45) is 4.79. The molecule has 0 unspecified atom stereocenters. The van der Waals surface area contributed by atoms with Gasteiger partial charge in [-0.15, -0.1) is 0 Å². The van der Waals surface area contributed by atoms with Gasteiger partial charge < -0.3 is 10.1 Å². The maximum Gasteiger partial charge on any atom is 0.257 e. The highest BCUT2D eigenvalue weighted by Crippen LogP contribution is 2.24. The number of hydrogen-bond donors (Lipinski definition) is 1. The Balaban J connectivity index is 2.14. The number of anilines is 1. The first kappa shape index (κ1) is 12.8. The Morgan fingerprint density at radius 2 is 2.16 bits per heavy atom. The number of ether oxygens (including phenoxy) is 1. The van der Waals surface area contributed by atoms with Crippen molar-refractivity contribution < 1.29 is 9.53 Å². The Morgan fingerprint density at radius 1 is 1.32 bits per heavy atom. The zero-order valence-corrected chi connectivity index (χ0v) is 10.4. The van der Waals surface area contributed by atoms with Crippen molar-refractivity contribution in [3.63, 3.8) is 0 Å². The molecular weight excluding hydrogens is 240 g/mol. The average Bonchev–Trinajstić information content (AvgIpc) is 2.47. The summed E-state index contributed by atoms with van der Waals surface area (Å²) >= 11 is 0. The third-order valence-corrected chi connectivity index (χ3v) is 2.42. The van der Waals surface area contributed by atoms with Crippen LogP contribution in [0.4, 0.5) is 5.69 Å². The van der Waals surface area contributed by atoms with E-state index in [9.17, 15) is 4.79 Å². The topological polar surface area (TPSA) is 51.2 Å². The fourth-order valence-electron chi connectivity index (χ4n) is 1.54. The average molecular weight is 254 g/mol. The summed E-state index contributed by atoms with van der Waals surface area (Å²) in [5.41, 5.74) is 1.12. The number of nitrogens with one attached hydrogen (secondary N) is 1. The van der Waals surface area contributed by atoms with Crippen LogP contribution in [0.15, 0.2) is 61.4 Å². The molecule has 1 N–H and O–H groups in total. The van der Waals surface area contributed by atoms with Gasteiger partial charge in [0, 0.05) is 12.4 Å². The van der Waals surface area contributed by atoms with Gasteiger partial charge in [0.25, 0.3) is 5.91 Å². The number of rotatable bonds is 5. The third-order valence-electron chi connectivity index (χ3n) is 2.42. The maximum absolute atomic E-state index is 12.0. The molecule has 4 nitrogen and oxygen atoms in total. The standard InChI is InChI=1S/C15H14N2O2/c1-2-10-19-14-8-4-3-7-13(14)17-15(18)12-6-5-9-16-11-12/h2-9,11H,1,10H2,(H,17,18). The summed E-state index contributed by atoms with van der Waals surface area (Å²) in [6, 6.07) is 10.7. The van der Waals surface area contributed by atoms with Crippen molar-refractivity contribution in [3.05, 3.63) is 67.0 Å². The SMILES string of the molecule is C=CCOc1ccccc1NC(=O)c1cccnc1. The van der Waals surface area contributed by atoms with Crippen LogP contribution in [0.2, 0.25) is 0 Å². The number of aromatic nitrogens is 1. The predicted molar refractivity (Wildman–Crippen MR) is 74.3 cm³/mol. The van der Waals surface area contributed by atoms with Crippen LogP contribution in [-0.2, 0) is 0 Å². The van der Waals surface area contributed by atoms with E-state index in [0.717, 1.165) is 0 Å². The molecule has 4 heteroatoms. The molecule has 0 radical (unpaired) electrons. The third kappa shape index (κ3) is 3.42. The highest BCUT2D eigenvalue weighted by molar-refractivity contribution is 6.04. The Morgan fingerprint density at radius 3 is 2.89 bits per heavy atom. The van der Waals surface area contributed by atoms with Gasteiger partial charge in [-0.1, -0.05) is 24.8 Å². The van der Waals surface area contributed by atoms with Crippen LogP contribution in [0, 0.1) is 0 Å². The zero-order chi connectivity index (χ0) is 13.5. The highest BCUT2D eigenvalue weighted by atomic mass is 16.5. The lowest BCUT2D eigenvalue weighted by atomic mass is 10.2. The number of pyridine rings is 1. The lowest BCUT2D eigenvalue weighted by molar-refractivity contribution is 0.102. The Bertz CT molecular complexity index is 567. The zero-order valence-electron chi connectivity index (χ0n) is 10.4. The molecular formula is C15H14N2O2. The lowest BCUT2D eigenvalue weighted by Crippen LogP contribution is -2.13. The number of carbonyl (C=O) groups is 1. The van der Waals surface area contributed by atoms with Crippen LogP contribution >= 0.6 is 0 Å². The normalized spacial score (nSPS) is 9.68. The quantitative estimate of drug-likeness (QED) is 0.835. The van der Waals surface area contributed by atoms with E-state index < -0.39 is 0 Å². The smallest absolute Gasteiger partial charge is 0.257 e. The molecule has 0 aliphatic rings. The number of para-hydroxylation sites is 2. The number of carbonyl (C=O) groups excluding carboxylic acids is 1. The van der Waals surface area contributed by atoms with Crippen molar-refractivity contribution in [2.45, 2.75) is 0 Å². The molecule has 0 aliphatic heterocycles. The summed E-state index contributed by atoms with van der Waals surface area (Å²) in [7, 11) is 0. The first-order valence-corrected chi connectivity index (χ1v) is 5.85. The summed E-state index contributed by atoms with van der Waals surface area (Å²) in [6.45, 7) is 3.98. The minimum atomic E-state index is -0.220. The van der Waals surface area contributed by atoms with E-state index in [0.29, 0.717) is 23.6 Å². The van der Waals surface area contributed by atoms with Crippen molar-refractivity contribution in [3.8, 4) is 5.75 Å². The van der Waals surface area contributed by atoms with Gasteiger partial charge in [0.2, 0.25) is 0 Å². The van der Waals surface area contributed by atoms with Crippen molar-refractivity contribution in [2.75, 3.05) is 11.9 Å². The molecule has 0 aliphatic carbocycles. The Labute approximate surface area is 111 Å². The molecule has 1 aromatic carbocycles. The van der Waals surface area contributed by atoms with E-state index in [1.807, 2.05) is 12.1 Å². The second-order valence-corrected chi connectivity index (χ2v) is 3.79. The number of nitrogens with zero attached hydrogens (tertiary/aromatic N) is 1. The predicted octanol–water partition coefficient (Wildman–Crippen LogP) is 2.90. The van der Waals surface area contributed by atoms with E-state index in [2.05, 4.69) is 16.9 Å². The monoisotopic (exact) mass is 254 g/mol. The Kier molecular flexibility index (Phi) is 4.29. The number of benzene rings is 1. The maximum atomic E-state index is 12.0. The fraction of sp³-hybridized carbons (Fsp3) is 0.0667. The minimum absolute atomic E-state index is 0.220. The van der Waals surface area contributed by atoms with E-state index in [1.165, 1.54) is 6.20 Å². The molecule has 1 amide bonds. The van der Waals surface area contributed by atoms with E-state index >= 15 is 0 Å². The van der Waals surface area contributed by atoms with Gasteiger partial charge >= 0.3 is 0 Å². The van der Waals surface area contributed by atoms with Gasteiger partial charge in [-0.25, -0.2) is 0 Å². The summed E-state index contributed by atoms with van der Waals surface area (Å²) < 4.78 is 5.47. The van der Waals surface area contributed by atoms with Crippen LogP contribution < -0.4 is 10.1 Å². The van der Waals surface area contributed by atoms with E-state index in [-0.39, 0.29) is 5.91 Å². The van der Waals surface area contributed by atoms with Crippen LogP contribution in [0.25, 0.3) is 0 Å². The van der Waals surface area contributed by atoms with Crippen molar-refractivity contribution >= 4 is 11.6 Å². The number of hydrogen-bond acceptors (Lipinski definition) is 3. The second-order valence-electron chi connectivity index (χ2n) is 3.79.